The van der Waals surface area contributed by atoms with Crippen molar-refractivity contribution < 1.29 is 9.90 Å². The molecule has 1 aromatic rings. The van der Waals surface area contributed by atoms with E-state index in [0.717, 1.165) is 5.56 Å². The third-order valence-corrected chi connectivity index (χ3v) is 3.24. The molecule has 1 rings (SSSR count). The number of hydrogen-bond acceptors (Lipinski definition) is 3. The average molecular weight is 300 g/mol. The number of aliphatic hydroxyl groups is 1. The molecule has 0 heterocycles. The van der Waals surface area contributed by atoms with Gasteiger partial charge in [-0.3, -0.25) is 0 Å². The van der Waals surface area contributed by atoms with Crippen molar-refractivity contribution in [2.45, 2.75) is 19.0 Å². The van der Waals surface area contributed by atoms with Gasteiger partial charge in [0.15, 0.2) is 0 Å². The first-order valence-corrected chi connectivity index (χ1v) is 6.89. The molecule has 0 aliphatic rings. The number of carbonyl (C=O) groups is 1. The molecule has 0 spiro atoms. The van der Waals surface area contributed by atoms with Gasteiger partial charge in [-0.05, 0) is 38.7 Å². The Kier molecular flexibility index (Phi) is 6.78. The SMILES string of the molecule is CC(CO)NC(=O)NCC(c1ccc(Cl)cc1)N(C)C. The molecule has 0 bridgehead atoms. The minimum Gasteiger partial charge on any atom is -0.394 e. The highest BCUT2D eigenvalue weighted by molar-refractivity contribution is 6.30. The Balaban J connectivity index is 2.60. The summed E-state index contributed by atoms with van der Waals surface area (Å²) >= 11 is 5.88. The van der Waals surface area contributed by atoms with Crippen molar-refractivity contribution in [3.8, 4) is 0 Å². The van der Waals surface area contributed by atoms with E-state index in [0.29, 0.717) is 11.6 Å². The Bertz CT molecular complexity index is 423. The highest BCUT2D eigenvalue weighted by atomic mass is 35.5. The maximum absolute atomic E-state index is 11.7. The third-order valence-electron chi connectivity index (χ3n) is 2.99. The maximum atomic E-state index is 11.7. The van der Waals surface area contributed by atoms with Crippen LogP contribution in [0.3, 0.4) is 0 Å². The van der Waals surface area contributed by atoms with Gasteiger partial charge in [-0.25, -0.2) is 4.79 Å². The Hall–Kier alpha value is -1.30. The van der Waals surface area contributed by atoms with Crippen molar-refractivity contribution in [1.29, 1.82) is 0 Å². The van der Waals surface area contributed by atoms with Crippen molar-refractivity contribution in [2.24, 2.45) is 0 Å². The molecule has 0 saturated carbocycles. The molecule has 0 radical (unpaired) electrons. The average Bonchev–Trinajstić information content (AvgIpc) is 2.40. The Morgan fingerprint density at radius 2 is 1.95 bits per heavy atom. The summed E-state index contributed by atoms with van der Waals surface area (Å²) in [7, 11) is 3.91. The standard InChI is InChI=1S/C14H22ClN3O2/c1-10(9-19)17-14(20)16-8-13(18(2)3)11-4-6-12(15)7-5-11/h4-7,10,13,19H,8-9H2,1-3H3,(H2,16,17,20). The largest absolute Gasteiger partial charge is 0.394 e. The van der Waals surface area contributed by atoms with Crippen molar-refractivity contribution in [2.75, 3.05) is 27.2 Å². The van der Waals surface area contributed by atoms with E-state index in [2.05, 4.69) is 10.6 Å². The number of nitrogens with zero attached hydrogens (tertiary/aromatic N) is 1. The summed E-state index contributed by atoms with van der Waals surface area (Å²) in [5, 5.41) is 15.0. The number of benzene rings is 1. The number of likely N-dealkylation sites (N-methyl/N-ethyl adjacent to an activating group) is 1. The normalized spacial score (nSPS) is 13.9. The smallest absolute Gasteiger partial charge is 0.315 e. The molecule has 6 heteroatoms. The molecular formula is C14H22ClN3O2. The molecule has 2 unspecified atom stereocenters. The van der Waals surface area contributed by atoms with Crippen LogP contribution in [0.25, 0.3) is 0 Å². The van der Waals surface area contributed by atoms with Crippen molar-refractivity contribution in [3.63, 3.8) is 0 Å². The van der Waals surface area contributed by atoms with Crippen LogP contribution < -0.4 is 10.6 Å². The molecule has 112 valence electrons. The van der Waals surface area contributed by atoms with Crippen LogP contribution in [0.2, 0.25) is 5.02 Å². The number of halogens is 1. The van der Waals surface area contributed by atoms with Gasteiger partial charge in [-0.2, -0.15) is 0 Å². The van der Waals surface area contributed by atoms with Crippen LogP contribution in [0.15, 0.2) is 24.3 Å². The molecule has 20 heavy (non-hydrogen) atoms. The number of carbonyl (C=O) groups excluding carboxylic acids is 1. The Labute approximate surface area is 124 Å². The molecule has 0 saturated heterocycles. The molecule has 0 aromatic heterocycles. The molecule has 2 atom stereocenters. The van der Waals surface area contributed by atoms with Gasteiger partial charge in [0.1, 0.15) is 0 Å². The topological polar surface area (TPSA) is 64.6 Å². The summed E-state index contributed by atoms with van der Waals surface area (Å²) < 4.78 is 0. The summed E-state index contributed by atoms with van der Waals surface area (Å²) in [6.07, 6.45) is 0. The molecule has 3 N–H and O–H groups in total. The second kappa shape index (κ2) is 8.09. The summed E-state index contributed by atoms with van der Waals surface area (Å²) in [6.45, 7) is 2.13. The van der Waals surface area contributed by atoms with Gasteiger partial charge in [-0.1, -0.05) is 23.7 Å². The molecule has 0 fully saturated rings. The van der Waals surface area contributed by atoms with Gasteiger partial charge in [0, 0.05) is 11.6 Å². The summed E-state index contributed by atoms with van der Waals surface area (Å²) in [6, 6.07) is 7.08. The van der Waals surface area contributed by atoms with Crippen molar-refractivity contribution in [3.05, 3.63) is 34.9 Å². The lowest BCUT2D eigenvalue weighted by molar-refractivity contribution is 0.215. The number of nitrogens with one attached hydrogen (secondary N) is 2. The molecule has 2 amide bonds. The monoisotopic (exact) mass is 299 g/mol. The van der Waals surface area contributed by atoms with E-state index >= 15 is 0 Å². The van der Waals surface area contributed by atoms with Gasteiger partial charge in [-0.15, -0.1) is 0 Å². The minimum atomic E-state index is -0.285. The zero-order valence-corrected chi connectivity index (χ0v) is 12.8. The van der Waals surface area contributed by atoms with Crippen molar-refractivity contribution >= 4 is 17.6 Å². The second-order valence-corrected chi connectivity index (χ2v) is 5.41. The van der Waals surface area contributed by atoms with E-state index in [1.807, 2.05) is 43.3 Å². The minimum absolute atomic E-state index is 0.0578. The van der Waals surface area contributed by atoms with Crippen molar-refractivity contribution in [1.82, 2.24) is 15.5 Å². The predicted octanol–water partition coefficient (Wildman–Crippen LogP) is 1.62. The fraction of sp³-hybridized carbons (Fsp3) is 0.500. The molecule has 0 aliphatic heterocycles. The van der Waals surface area contributed by atoms with E-state index in [1.165, 1.54) is 0 Å². The first kappa shape index (κ1) is 16.8. The van der Waals surface area contributed by atoms with Crippen LogP contribution in [0, 0.1) is 0 Å². The first-order chi connectivity index (χ1) is 9.43. The predicted molar refractivity (Wildman–Crippen MR) is 81.0 cm³/mol. The fourth-order valence-electron chi connectivity index (χ4n) is 1.79. The fourth-order valence-corrected chi connectivity index (χ4v) is 1.92. The Morgan fingerprint density at radius 3 is 2.45 bits per heavy atom. The summed E-state index contributed by atoms with van der Waals surface area (Å²) in [4.78, 5) is 13.7. The number of rotatable bonds is 6. The van der Waals surface area contributed by atoms with E-state index in [-0.39, 0.29) is 24.7 Å². The van der Waals surface area contributed by atoms with Crippen LogP contribution in [-0.2, 0) is 0 Å². The number of hydrogen-bond donors (Lipinski definition) is 3. The highest BCUT2D eigenvalue weighted by Crippen LogP contribution is 2.19. The number of amides is 2. The summed E-state index contributed by atoms with van der Waals surface area (Å²) in [5.74, 6) is 0. The van der Waals surface area contributed by atoms with Crippen LogP contribution in [0.4, 0.5) is 4.79 Å². The zero-order chi connectivity index (χ0) is 15.1. The maximum Gasteiger partial charge on any atom is 0.315 e. The van der Waals surface area contributed by atoms with Crippen LogP contribution in [0.5, 0.6) is 0 Å². The molecule has 0 aliphatic carbocycles. The van der Waals surface area contributed by atoms with E-state index in [1.54, 1.807) is 6.92 Å². The van der Waals surface area contributed by atoms with Crippen LogP contribution in [-0.4, -0.2) is 49.3 Å². The number of urea groups is 1. The van der Waals surface area contributed by atoms with Crippen LogP contribution >= 0.6 is 11.6 Å². The zero-order valence-electron chi connectivity index (χ0n) is 12.1. The first-order valence-electron chi connectivity index (χ1n) is 6.51. The van der Waals surface area contributed by atoms with Gasteiger partial charge < -0.3 is 20.6 Å². The van der Waals surface area contributed by atoms with Gasteiger partial charge in [0.25, 0.3) is 0 Å². The van der Waals surface area contributed by atoms with E-state index in [4.69, 9.17) is 16.7 Å². The molecular weight excluding hydrogens is 278 g/mol. The lowest BCUT2D eigenvalue weighted by atomic mass is 10.1. The highest BCUT2D eigenvalue weighted by Gasteiger charge is 2.15. The molecule has 1 aromatic carbocycles. The summed E-state index contributed by atoms with van der Waals surface area (Å²) in [5.41, 5.74) is 1.08. The lowest BCUT2D eigenvalue weighted by Gasteiger charge is -2.25. The van der Waals surface area contributed by atoms with Gasteiger partial charge in [0.05, 0.1) is 18.7 Å². The van der Waals surface area contributed by atoms with Gasteiger partial charge in [0.2, 0.25) is 0 Å². The number of aliphatic hydroxyl groups excluding tert-OH is 1. The Morgan fingerprint density at radius 1 is 1.35 bits per heavy atom. The second-order valence-electron chi connectivity index (χ2n) is 4.97. The molecule has 5 nitrogen and oxygen atoms in total. The van der Waals surface area contributed by atoms with E-state index < -0.39 is 0 Å². The van der Waals surface area contributed by atoms with E-state index in [9.17, 15) is 4.79 Å². The van der Waals surface area contributed by atoms with Gasteiger partial charge >= 0.3 is 6.03 Å². The third kappa shape index (κ3) is 5.36. The lowest BCUT2D eigenvalue weighted by Crippen LogP contribution is -2.44. The quantitative estimate of drug-likeness (QED) is 0.748. The van der Waals surface area contributed by atoms with Crippen LogP contribution in [0.1, 0.15) is 18.5 Å².